The second kappa shape index (κ2) is 6.82. The summed E-state index contributed by atoms with van der Waals surface area (Å²) in [7, 11) is 1.50. The predicted molar refractivity (Wildman–Crippen MR) is 69.0 cm³/mol. The van der Waals surface area contributed by atoms with Crippen LogP contribution in [0.1, 0.15) is 30.8 Å². The van der Waals surface area contributed by atoms with Gasteiger partial charge in [0.25, 0.3) is 5.91 Å². The molecule has 1 rings (SSSR count). The third kappa shape index (κ3) is 4.65. The Labute approximate surface area is 111 Å². The molecule has 1 atom stereocenters. The van der Waals surface area contributed by atoms with Crippen LogP contribution in [-0.4, -0.2) is 29.9 Å². The lowest BCUT2D eigenvalue weighted by atomic mass is 10.0. The van der Waals surface area contributed by atoms with Gasteiger partial charge in [-0.2, -0.15) is 4.39 Å². The summed E-state index contributed by atoms with van der Waals surface area (Å²) in [5.41, 5.74) is -0.0438. The Morgan fingerprint density at radius 3 is 2.58 bits per heavy atom. The van der Waals surface area contributed by atoms with Gasteiger partial charge >= 0.3 is 0 Å². The fourth-order valence-electron chi connectivity index (χ4n) is 1.64. The van der Waals surface area contributed by atoms with Crippen molar-refractivity contribution in [1.82, 2.24) is 15.6 Å². The van der Waals surface area contributed by atoms with Gasteiger partial charge in [-0.25, -0.2) is 4.98 Å². The van der Waals surface area contributed by atoms with Gasteiger partial charge in [0.05, 0.1) is 0 Å². The summed E-state index contributed by atoms with van der Waals surface area (Å²) in [5, 5.41) is 5.05. The third-order valence-corrected chi connectivity index (χ3v) is 2.52. The molecule has 2 amide bonds. The Kier molecular flexibility index (Phi) is 5.41. The third-order valence-electron chi connectivity index (χ3n) is 2.52. The summed E-state index contributed by atoms with van der Waals surface area (Å²) in [6, 6.07) is 3.30. The average molecular weight is 267 g/mol. The van der Waals surface area contributed by atoms with Crippen LogP contribution < -0.4 is 10.6 Å². The van der Waals surface area contributed by atoms with Crippen LogP contribution in [-0.2, 0) is 4.79 Å². The Bertz CT molecular complexity index is 463. The second-order valence-corrected chi connectivity index (χ2v) is 4.62. The highest BCUT2D eigenvalue weighted by Gasteiger charge is 2.22. The zero-order chi connectivity index (χ0) is 14.4. The van der Waals surface area contributed by atoms with Crippen LogP contribution in [0.2, 0.25) is 0 Å². The largest absolute Gasteiger partial charge is 0.357 e. The van der Waals surface area contributed by atoms with Crippen molar-refractivity contribution in [3.63, 3.8) is 0 Å². The molecule has 19 heavy (non-hydrogen) atoms. The zero-order valence-electron chi connectivity index (χ0n) is 11.2. The lowest BCUT2D eigenvalue weighted by Crippen LogP contribution is -2.46. The molecule has 0 aliphatic carbocycles. The Morgan fingerprint density at radius 2 is 2.05 bits per heavy atom. The highest BCUT2D eigenvalue weighted by Crippen LogP contribution is 2.06. The number of carbonyl (C=O) groups excluding carboxylic acids is 2. The smallest absolute Gasteiger partial charge is 0.270 e. The van der Waals surface area contributed by atoms with Crippen LogP contribution in [0, 0.1) is 11.9 Å². The molecule has 0 radical (unpaired) electrons. The van der Waals surface area contributed by atoms with Crippen molar-refractivity contribution in [3.8, 4) is 0 Å². The second-order valence-electron chi connectivity index (χ2n) is 4.62. The van der Waals surface area contributed by atoms with E-state index in [4.69, 9.17) is 0 Å². The SMILES string of the molecule is CNC(=O)C(CC(C)C)NC(=O)c1cccc(F)n1. The highest BCUT2D eigenvalue weighted by atomic mass is 19.1. The van der Waals surface area contributed by atoms with Gasteiger partial charge in [-0.05, 0) is 24.5 Å². The van der Waals surface area contributed by atoms with Crippen molar-refractivity contribution in [3.05, 3.63) is 29.8 Å². The fourth-order valence-corrected chi connectivity index (χ4v) is 1.64. The summed E-state index contributed by atoms with van der Waals surface area (Å²) in [6.07, 6.45) is 0.501. The number of hydrogen-bond donors (Lipinski definition) is 2. The molecule has 0 aliphatic heterocycles. The van der Waals surface area contributed by atoms with E-state index in [0.717, 1.165) is 6.07 Å². The maximum Gasteiger partial charge on any atom is 0.270 e. The first kappa shape index (κ1) is 15.1. The van der Waals surface area contributed by atoms with Crippen molar-refractivity contribution in [1.29, 1.82) is 0 Å². The number of halogens is 1. The molecule has 0 saturated carbocycles. The molecule has 2 N–H and O–H groups in total. The van der Waals surface area contributed by atoms with Gasteiger partial charge in [-0.1, -0.05) is 19.9 Å². The van der Waals surface area contributed by atoms with E-state index in [-0.39, 0.29) is 17.5 Å². The molecule has 1 heterocycles. The minimum Gasteiger partial charge on any atom is -0.357 e. The minimum absolute atomic E-state index is 0.0438. The normalized spacial score (nSPS) is 12.1. The first-order valence-electron chi connectivity index (χ1n) is 6.09. The number of rotatable bonds is 5. The number of amides is 2. The summed E-state index contributed by atoms with van der Waals surface area (Å²) >= 11 is 0. The molecule has 5 nitrogen and oxygen atoms in total. The number of nitrogens with one attached hydrogen (secondary N) is 2. The molecular weight excluding hydrogens is 249 g/mol. The monoisotopic (exact) mass is 267 g/mol. The van der Waals surface area contributed by atoms with E-state index in [1.807, 2.05) is 13.8 Å². The number of carbonyl (C=O) groups is 2. The molecule has 104 valence electrons. The average Bonchev–Trinajstić information content (AvgIpc) is 2.36. The summed E-state index contributed by atoms with van der Waals surface area (Å²) in [6.45, 7) is 3.89. The molecule has 1 aromatic heterocycles. The van der Waals surface area contributed by atoms with E-state index in [2.05, 4.69) is 15.6 Å². The minimum atomic E-state index is -0.729. The van der Waals surface area contributed by atoms with Crippen LogP contribution in [0.5, 0.6) is 0 Å². The van der Waals surface area contributed by atoms with Gasteiger partial charge in [0.2, 0.25) is 11.9 Å². The van der Waals surface area contributed by atoms with E-state index in [9.17, 15) is 14.0 Å². The Morgan fingerprint density at radius 1 is 1.37 bits per heavy atom. The molecule has 0 aromatic carbocycles. The molecule has 0 aliphatic rings. The number of likely N-dealkylation sites (N-methyl/N-ethyl adjacent to an activating group) is 1. The van der Waals surface area contributed by atoms with Gasteiger partial charge in [0.1, 0.15) is 11.7 Å². The standard InChI is InChI=1S/C13H18FN3O2/c1-8(2)7-10(12(18)15-3)17-13(19)9-5-4-6-11(14)16-9/h4-6,8,10H,7H2,1-3H3,(H,15,18)(H,17,19). The van der Waals surface area contributed by atoms with E-state index in [1.165, 1.54) is 19.2 Å². The maximum atomic E-state index is 12.9. The quantitative estimate of drug-likeness (QED) is 0.785. The Hall–Kier alpha value is -1.98. The maximum absolute atomic E-state index is 12.9. The van der Waals surface area contributed by atoms with Crippen LogP contribution >= 0.6 is 0 Å². The van der Waals surface area contributed by atoms with Crippen molar-refractivity contribution < 1.29 is 14.0 Å². The topological polar surface area (TPSA) is 71.1 Å². The van der Waals surface area contributed by atoms with Gasteiger partial charge in [-0.15, -0.1) is 0 Å². The zero-order valence-corrected chi connectivity index (χ0v) is 11.2. The predicted octanol–water partition coefficient (Wildman–Crippen LogP) is 1.11. The molecule has 1 unspecified atom stereocenters. The van der Waals surface area contributed by atoms with Crippen LogP contribution in [0.25, 0.3) is 0 Å². The first-order valence-corrected chi connectivity index (χ1v) is 6.09. The van der Waals surface area contributed by atoms with Crippen LogP contribution in [0.3, 0.4) is 0 Å². The number of pyridine rings is 1. The van der Waals surface area contributed by atoms with Crippen molar-refractivity contribution in [2.24, 2.45) is 5.92 Å². The van der Waals surface area contributed by atoms with Crippen LogP contribution in [0.15, 0.2) is 18.2 Å². The molecule has 0 spiro atoms. The van der Waals surface area contributed by atoms with Crippen molar-refractivity contribution in [2.75, 3.05) is 7.05 Å². The molecular formula is C13H18FN3O2. The van der Waals surface area contributed by atoms with Crippen molar-refractivity contribution >= 4 is 11.8 Å². The van der Waals surface area contributed by atoms with Gasteiger partial charge in [0, 0.05) is 7.05 Å². The van der Waals surface area contributed by atoms with Crippen LogP contribution in [0.4, 0.5) is 4.39 Å². The fraction of sp³-hybridized carbons (Fsp3) is 0.462. The summed E-state index contributed by atoms with van der Waals surface area (Å²) in [4.78, 5) is 27.0. The van der Waals surface area contributed by atoms with Gasteiger partial charge in [0.15, 0.2) is 0 Å². The highest BCUT2D eigenvalue weighted by molar-refractivity contribution is 5.96. The molecule has 0 saturated heterocycles. The molecule has 6 heteroatoms. The van der Waals surface area contributed by atoms with E-state index in [1.54, 1.807) is 0 Å². The first-order chi connectivity index (χ1) is 8.93. The van der Waals surface area contributed by atoms with E-state index in [0.29, 0.717) is 6.42 Å². The van der Waals surface area contributed by atoms with E-state index >= 15 is 0 Å². The Balaban J connectivity index is 2.78. The van der Waals surface area contributed by atoms with Gasteiger partial charge in [-0.3, -0.25) is 9.59 Å². The van der Waals surface area contributed by atoms with E-state index < -0.39 is 17.9 Å². The molecule has 1 aromatic rings. The summed E-state index contributed by atoms with van der Waals surface area (Å²) in [5.74, 6) is -1.33. The summed E-state index contributed by atoms with van der Waals surface area (Å²) < 4.78 is 12.9. The van der Waals surface area contributed by atoms with Gasteiger partial charge < -0.3 is 10.6 Å². The number of hydrogen-bond acceptors (Lipinski definition) is 3. The number of aromatic nitrogens is 1. The number of nitrogens with zero attached hydrogens (tertiary/aromatic N) is 1. The lowest BCUT2D eigenvalue weighted by molar-refractivity contribution is -0.122. The lowest BCUT2D eigenvalue weighted by Gasteiger charge is -2.18. The molecule has 0 bridgehead atoms. The van der Waals surface area contributed by atoms with Crippen molar-refractivity contribution in [2.45, 2.75) is 26.3 Å². The molecule has 0 fully saturated rings.